The molecule has 0 saturated carbocycles. The maximum absolute atomic E-state index is 12.3. The van der Waals surface area contributed by atoms with E-state index >= 15 is 0 Å². The lowest BCUT2D eigenvalue weighted by molar-refractivity contribution is 0.119. The van der Waals surface area contributed by atoms with Gasteiger partial charge in [0.05, 0.1) is 24.8 Å². The lowest BCUT2D eigenvalue weighted by Gasteiger charge is -2.29. The molecule has 2 rings (SSSR count). The number of urea groups is 1. The Morgan fingerprint density at radius 3 is 2.33 bits per heavy atom. The van der Waals surface area contributed by atoms with Gasteiger partial charge in [0.15, 0.2) is 0 Å². The summed E-state index contributed by atoms with van der Waals surface area (Å²) in [5.74, 6) is 0.339. The van der Waals surface area contributed by atoms with Crippen molar-refractivity contribution in [2.45, 2.75) is 25.9 Å². The molecular weight excluding hydrogens is 386 g/mol. The maximum atomic E-state index is 12.3. The zero-order chi connectivity index (χ0) is 22.3. The number of amides is 3. The molecule has 0 saturated heterocycles. The number of carboxylic acid groups (broad SMARTS) is 1. The van der Waals surface area contributed by atoms with Gasteiger partial charge in [0.2, 0.25) is 0 Å². The summed E-state index contributed by atoms with van der Waals surface area (Å²) in [5.41, 5.74) is 1.86. The first-order valence-corrected chi connectivity index (χ1v) is 8.97. The Kier molecular flexibility index (Phi) is 7.21. The smallest absolute Gasteiger partial charge is 0.408 e. The van der Waals surface area contributed by atoms with Crippen molar-refractivity contribution >= 4 is 23.5 Å². The zero-order valence-electron chi connectivity index (χ0n) is 16.7. The van der Waals surface area contributed by atoms with Gasteiger partial charge >= 0.3 is 12.1 Å². The number of carbonyl (C=O) groups excluding carboxylic acids is 1. The number of hydrogen-bond donors (Lipinski definition) is 3. The molecule has 0 fully saturated rings. The normalized spacial score (nSPS) is 11.9. The Hall–Kier alpha value is -4.24. The summed E-state index contributed by atoms with van der Waals surface area (Å²) in [6.07, 6.45) is -1.21. The highest BCUT2D eigenvalue weighted by atomic mass is 16.5. The van der Waals surface area contributed by atoms with Crippen molar-refractivity contribution < 1.29 is 19.4 Å². The first-order chi connectivity index (χ1) is 14.3. The van der Waals surface area contributed by atoms with Gasteiger partial charge in [-0.05, 0) is 43.7 Å². The van der Waals surface area contributed by atoms with E-state index in [4.69, 9.17) is 15.3 Å². The van der Waals surface area contributed by atoms with Crippen LogP contribution in [0.2, 0.25) is 0 Å². The molecule has 0 spiro atoms. The van der Waals surface area contributed by atoms with Crippen LogP contribution < -0.4 is 15.4 Å². The van der Waals surface area contributed by atoms with Gasteiger partial charge in [-0.2, -0.15) is 10.5 Å². The second-order valence-electron chi connectivity index (χ2n) is 6.40. The average Bonchev–Trinajstić information content (AvgIpc) is 2.73. The van der Waals surface area contributed by atoms with Crippen LogP contribution in [0.3, 0.4) is 0 Å². The number of hydrogen-bond acceptors (Lipinski definition) is 5. The molecule has 2 atom stereocenters. The van der Waals surface area contributed by atoms with E-state index in [0.29, 0.717) is 28.3 Å². The van der Waals surface area contributed by atoms with Crippen molar-refractivity contribution in [2.75, 3.05) is 17.7 Å². The van der Waals surface area contributed by atoms with Gasteiger partial charge in [-0.1, -0.05) is 12.1 Å². The third-order valence-electron chi connectivity index (χ3n) is 4.45. The summed E-state index contributed by atoms with van der Waals surface area (Å²) in [4.78, 5) is 24.9. The van der Waals surface area contributed by atoms with Crippen LogP contribution in [0.5, 0.6) is 5.75 Å². The fourth-order valence-electron chi connectivity index (χ4n) is 2.92. The number of ether oxygens (including phenoxy) is 1. The Morgan fingerprint density at radius 2 is 1.77 bits per heavy atom. The van der Waals surface area contributed by atoms with Crippen molar-refractivity contribution in [3.63, 3.8) is 0 Å². The second-order valence-corrected chi connectivity index (χ2v) is 6.40. The number of methoxy groups -OCH3 is 1. The molecule has 3 amide bonds. The molecule has 0 bridgehead atoms. The van der Waals surface area contributed by atoms with E-state index in [1.807, 2.05) is 12.1 Å². The number of nitrogens with zero attached hydrogens (tertiary/aromatic N) is 3. The third kappa shape index (κ3) is 5.18. The van der Waals surface area contributed by atoms with Crippen LogP contribution in [-0.4, -0.2) is 35.3 Å². The Balaban J connectivity index is 2.15. The Bertz CT molecular complexity index is 1020. The van der Waals surface area contributed by atoms with E-state index in [-0.39, 0.29) is 0 Å². The number of rotatable bonds is 6. The van der Waals surface area contributed by atoms with E-state index < -0.39 is 24.2 Å². The van der Waals surface area contributed by atoms with Gasteiger partial charge in [0.25, 0.3) is 0 Å². The summed E-state index contributed by atoms with van der Waals surface area (Å²) in [6, 6.07) is 13.3. The molecule has 9 nitrogen and oxygen atoms in total. The lowest BCUT2D eigenvalue weighted by Crippen LogP contribution is -2.38. The van der Waals surface area contributed by atoms with Gasteiger partial charge < -0.3 is 20.5 Å². The van der Waals surface area contributed by atoms with Crippen molar-refractivity contribution in [1.82, 2.24) is 4.90 Å². The number of carbonyl (C=O) groups is 2. The van der Waals surface area contributed by atoms with Gasteiger partial charge in [0.1, 0.15) is 17.9 Å². The standard InChI is InChI=1S/C21H21N5O4/c1-13(11-22)26(21(28)29)14(2)15-5-4-6-17(9-15)24-20(27)25-18-8-7-16(12-23)19(10-18)30-3/h4-10,13-14H,1-3H3,(H,28,29)(H2,24,25,27). The Morgan fingerprint density at radius 1 is 1.10 bits per heavy atom. The summed E-state index contributed by atoms with van der Waals surface area (Å²) >= 11 is 0. The Labute approximate surface area is 174 Å². The SMILES string of the molecule is COc1cc(NC(=O)Nc2cccc(C(C)N(C(=O)O)C(C)C#N)c2)ccc1C#N. The van der Waals surface area contributed by atoms with Crippen LogP contribution >= 0.6 is 0 Å². The monoisotopic (exact) mass is 407 g/mol. The number of nitriles is 2. The van der Waals surface area contributed by atoms with E-state index in [2.05, 4.69) is 10.6 Å². The van der Waals surface area contributed by atoms with Crippen LogP contribution in [0.1, 0.15) is 31.0 Å². The maximum Gasteiger partial charge on any atom is 0.408 e. The quantitative estimate of drug-likeness (QED) is 0.657. The van der Waals surface area contributed by atoms with Crippen LogP contribution in [0, 0.1) is 22.7 Å². The average molecular weight is 407 g/mol. The van der Waals surface area contributed by atoms with Crippen molar-refractivity contribution in [3.05, 3.63) is 53.6 Å². The van der Waals surface area contributed by atoms with Crippen LogP contribution in [0.15, 0.2) is 42.5 Å². The third-order valence-corrected chi connectivity index (χ3v) is 4.45. The number of anilines is 2. The van der Waals surface area contributed by atoms with Crippen molar-refractivity contribution in [1.29, 1.82) is 10.5 Å². The summed E-state index contributed by atoms with van der Waals surface area (Å²) in [7, 11) is 1.43. The van der Waals surface area contributed by atoms with Crippen molar-refractivity contribution in [2.24, 2.45) is 0 Å². The molecule has 9 heteroatoms. The number of nitrogens with one attached hydrogen (secondary N) is 2. The summed E-state index contributed by atoms with van der Waals surface area (Å²) in [6.45, 7) is 3.18. The molecule has 154 valence electrons. The topological polar surface area (TPSA) is 138 Å². The lowest BCUT2D eigenvalue weighted by atomic mass is 10.1. The van der Waals surface area contributed by atoms with Crippen LogP contribution in [0.25, 0.3) is 0 Å². The van der Waals surface area contributed by atoms with Gasteiger partial charge in [-0.3, -0.25) is 4.90 Å². The molecule has 3 N–H and O–H groups in total. The minimum absolute atomic E-state index is 0.339. The molecule has 0 aliphatic heterocycles. The highest BCUT2D eigenvalue weighted by molar-refractivity contribution is 6.00. The first-order valence-electron chi connectivity index (χ1n) is 8.97. The predicted octanol–water partition coefficient (Wildman–Crippen LogP) is 4.16. The molecule has 0 heterocycles. The molecule has 0 aromatic heterocycles. The van der Waals surface area contributed by atoms with Gasteiger partial charge in [0, 0.05) is 17.4 Å². The molecule has 0 radical (unpaired) electrons. The minimum atomic E-state index is -1.21. The zero-order valence-corrected chi connectivity index (χ0v) is 16.7. The van der Waals surface area contributed by atoms with Gasteiger partial charge in [-0.25, -0.2) is 9.59 Å². The van der Waals surface area contributed by atoms with E-state index in [1.165, 1.54) is 26.2 Å². The largest absolute Gasteiger partial charge is 0.495 e. The van der Waals surface area contributed by atoms with E-state index in [0.717, 1.165) is 4.90 Å². The van der Waals surface area contributed by atoms with E-state index in [9.17, 15) is 14.7 Å². The van der Waals surface area contributed by atoms with E-state index in [1.54, 1.807) is 37.3 Å². The molecule has 0 aliphatic rings. The minimum Gasteiger partial charge on any atom is -0.495 e. The predicted molar refractivity (Wildman–Crippen MR) is 110 cm³/mol. The second kappa shape index (κ2) is 9.80. The number of benzene rings is 2. The summed E-state index contributed by atoms with van der Waals surface area (Å²) in [5, 5.41) is 32.9. The summed E-state index contributed by atoms with van der Waals surface area (Å²) < 4.78 is 5.12. The molecule has 2 aromatic rings. The molecule has 30 heavy (non-hydrogen) atoms. The highest BCUT2D eigenvalue weighted by Crippen LogP contribution is 2.26. The fraction of sp³-hybridized carbons (Fsp3) is 0.238. The molecule has 2 unspecified atom stereocenters. The van der Waals surface area contributed by atoms with Crippen LogP contribution in [-0.2, 0) is 0 Å². The molecule has 2 aromatic carbocycles. The molecule has 0 aliphatic carbocycles. The highest BCUT2D eigenvalue weighted by Gasteiger charge is 2.26. The van der Waals surface area contributed by atoms with Crippen LogP contribution in [0.4, 0.5) is 21.0 Å². The molecular formula is C21H21N5O4. The van der Waals surface area contributed by atoms with Gasteiger partial charge in [-0.15, -0.1) is 0 Å². The first kappa shape index (κ1) is 22.1. The van der Waals surface area contributed by atoms with Crippen molar-refractivity contribution in [3.8, 4) is 17.9 Å². The fourth-order valence-corrected chi connectivity index (χ4v) is 2.92.